The molecule has 0 aliphatic carbocycles. The zero-order valence-electron chi connectivity index (χ0n) is 10.4. The Morgan fingerprint density at radius 3 is 2.89 bits per heavy atom. The Hall–Kier alpha value is -1.72. The van der Waals surface area contributed by atoms with Crippen molar-refractivity contribution in [3.63, 3.8) is 0 Å². The minimum atomic E-state index is -3.45. The minimum Gasteiger partial charge on any atom is -0.358 e. The van der Waals surface area contributed by atoms with Gasteiger partial charge < -0.3 is 5.32 Å². The van der Waals surface area contributed by atoms with Crippen molar-refractivity contribution in [2.24, 2.45) is 0 Å². The van der Waals surface area contributed by atoms with Gasteiger partial charge in [-0.2, -0.15) is 9.61 Å². The van der Waals surface area contributed by atoms with Gasteiger partial charge in [0.25, 0.3) is 0 Å². The van der Waals surface area contributed by atoms with Crippen LogP contribution in [0.4, 0.5) is 5.82 Å². The lowest BCUT2D eigenvalue weighted by Gasteiger charge is -2.13. The fraction of sp³-hybridized carbons (Fsp3) is 0.273. The van der Waals surface area contributed by atoms with E-state index in [0.29, 0.717) is 16.5 Å². The van der Waals surface area contributed by atoms with Crippen molar-refractivity contribution in [2.75, 3.05) is 24.4 Å². The van der Waals surface area contributed by atoms with Crippen LogP contribution >= 0.6 is 11.8 Å². The van der Waals surface area contributed by atoms with E-state index in [4.69, 9.17) is 6.42 Å². The van der Waals surface area contributed by atoms with Crippen LogP contribution in [0.25, 0.3) is 5.65 Å². The van der Waals surface area contributed by atoms with E-state index >= 15 is 0 Å². The van der Waals surface area contributed by atoms with E-state index in [2.05, 4.69) is 21.3 Å². The summed E-state index contributed by atoms with van der Waals surface area (Å²) >= 11 is 1.27. The second kappa shape index (κ2) is 5.11. The van der Waals surface area contributed by atoms with Crippen LogP contribution in [0, 0.1) is 12.3 Å². The number of hydrogen-bond donors (Lipinski definition) is 1. The maximum Gasteiger partial charge on any atom is 0.181 e. The van der Waals surface area contributed by atoms with Crippen molar-refractivity contribution in [1.29, 1.82) is 0 Å². The molecular weight excluding hydrogens is 284 g/mol. The maximum atomic E-state index is 12.0. The van der Waals surface area contributed by atoms with Crippen LogP contribution < -0.4 is 5.32 Å². The zero-order valence-corrected chi connectivity index (χ0v) is 12.0. The highest BCUT2D eigenvalue weighted by molar-refractivity contribution is 7.99. The number of nitrogens with one attached hydrogen (secondary N) is 1. The normalized spacial score (nSPS) is 11.4. The number of hydrogen-bond acceptors (Lipinski definition) is 6. The zero-order chi connectivity index (χ0) is 14.0. The van der Waals surface area contributed by atoms with Gasteiger partial charge >= 0.3 is 0 Å². The molecule has 0 bridgehead atoms. The summed E-state index contributed by atoms with van der Waals surface area (Å²) in [6.45, 7) is 0.204. The third-order valence-corrected chi connectivity index (χ3v) is 4.32. The maximum absolute atomic E-state index is 12.0. The van der Waals surface area contributed by atoms with Crippen LogP contribution in [-0.2, 0) is 9.84 Å². The molecule has 0 radical (unpaired) electrons. The number of rotatable bonds is 4. The molecule has 0 spiro atoms. The largest absolute Gasteiger partial charge is 0.358 e. The standard InChI is InChI=1S/C11H12N4O2S2/c1-4-6-12-10-9(19(3,16)17)11(18-2)14-8-5-7-13-15(8)10/h1,5,7,12H,6H2,2-3H3. The second-order valence-corrected chi connectivity index (χ2v) is 6.48. The van der Waals surface area contributed by atoms with E-state index in [-0.39, 0.29) is 11.4 Å². The first-order valence-corrected chi connectivity index (χ1v) is 8.39. The molecule has 0 saturated heterocycles. The molecular formula is C11H12N4O2S2. The van der Waals surface area contributed by atoms with E-state index in [1.54, 1.807) is 18.5 Å². The van der Waals surface area contributed by atoms with Gasteiger partial charge in [0, 0.05) is 12.3 Å². The molecule has 1 N–H and O–H groups in total. The summed E-state index contributed by atoms with van der Waals surface area (Å²) in [7, 11) is -3.45. The Balaban J connectivity index is 2.84. The molecule has 2 aromatic rings. The highest BCUT2D eigenvalue weighted by Gasteiger charge is 2.23. The smallest absolute Gasteiger partial charge is 0.181 e. The van der Waals surface area contributed by atoms with Gasteiger partial charge in [0.1, 0.15) is 9.92 Å². The Labute approximate surface area is 115 Å². The first-order valence-electron chi connectivity index (χ1n) is 5.28. The number of aromatic nitrogens is 3. The summed E-state index contributed by atoms with van der Waals surface area (Å²) in [5.41, 5.74) is 0.566. The van der Waals surface area contributed by atoms with E-state index in [1.807, 2.05) is 0 Å². The van der Waals surface area contributed by atoms with Crippen LogP contribution in [0.5, 0.6) is 0 Å². The summed E-state index contributed by atoms with van der Waals surface area (Å²) in [6, 6.07) is 1.70. The van der Waals surface area contributed by atoms with E-state index in [1.165, 1.54) is 16.3 Å². The van der Waals surface area contributed by atoms with E-state index < -0.39 is 9.84 Å². The van der Waals surface area contributed by atoms with Crippen LogP contribution in [0.2, 0.25) is 0 Å². The summed E-state index contributed by atoms with van der Waals surface area (Å²) in [5, 5.41) is 7.40. The molecule has 0 aromatic carbocycles. The predicted octanol–water partition coefficient (Wildman–Crippen LogP) is 0.900. The topological polar surface area (TPSA) is 76.4 Å². The molecule has 8 heteroatoms. The molecule has 0 atom stereocenters. The van der Waals surface area contributed by atoms with Gasteiger partial charge in [0.15, 0.2) is 21.3 Å². The first-order chi connectivity index (χ1) is 8.99. The van der Waals surface area contributed by atoms with Crippen molar-refractivity contribution in [3.8, 4) is 12.3 Å². The molecule has 2 aromatic heterocycles. The molecule has 0 unspecified atom stereocenters. The first kappa shape index (κ1) is 13.7. The van der Waals surface area contributed by atoms with Gasteiger partial charge in [0.2, 0.25) is 0 Å². The number of nitrogens with zero attached hydrogens (tertiary/aromatic N) is 3. The van der Waals surface area contributed by atoms with Crippen LogP contribution in [0.3, 0.4) is 0 Å². The summed E-state index contributed by atoms with van der Waals surface area (Å²) in [6.07, 6.45) is 9.68. The molecule has 0 amide bonds. The molecule has 0 aliphatic rings. The number of thioether (sulfide) groups is 1. The van der Waals surface area contributed by atoms with Crippen molar-refractivity contribution < 1.29 is 8.42 Å². The molecule has 2 rings (SSSR count). The van der Waals surface area contributed by atoms with Crippen molar-refractivity contribution in [3.05, 3.63) is 12.3 Å². The summed E-state index contributed by atoms with van der Waals surface area (Å²) in [4.78, 5) is 4.40. The average molecular weight is 296 g/mol. The fourth-order valence-corrected chi connectivity index (χ4v) is 3.71. The van der Waals surface area contributed by atoms with Crippen LogP contribution in [0.1, 0.15) is 0 Å². The number of fused-ring (bicyclic) bond motifs is 1. The lowest BCUT2D eigenvalue weighted by molar-refractivity contribution is 0.598. The van der Waals surface area contributed by atoms with Gasteiger partial charge in [-0.1, -0.05) is 5.92 Å². The molecule has 100 valence electrons. The van der Waals surface area contributed by atoms with Gasteiger partial charge in [0.05, 0.1) is 12.7 Å². The van der Waals surface area contributed by atoms with Crippen molar-refractivity contribution >= 4 is 33.1 Å². The Morgan fingerprint density at radius 2 is 2.32 bits per heavy atom. The van der Waals surface area contributed by atoms with Crippen LogP contribution in [-0.4, -0.2) is 42.1 Å². The third kappa shape index (κ3) is 2.52. The molecule has 19 heavy (non-hydrogen) atoms. The predicted molar refractivity (Wildman–Crippen MR) is 75.2 cm³/mol. The van der Waals surface area contributed by atoms with Crippen LogP contribution in [0.15, 0.2) is 22.2 Å². The molecule has 0 aliphatic heterocycles. The quantitative estimate of drug-likeness (QED) is 0.513. The highest BCUT2D eigenvalue weighted by atomic mass is 32.2. The molecule has 6 nitrogen and oxygen atoms in total. The highest BCUT2D eigenvalue weighted by Crippen LogP contribution is 2.30. The molecule has 2 heterocycles. The van der Waals surface area contributed by atoms with Crippen molar-refractivity contribution in [1.82, 2.24) is 14.6 Å². The molecule has 0 saturated carbocycles. The molecule has 0 fully saturated rings. The van der Waals surface area contributed by atoms with Crippen molar-refractivity contribution in [2.45, 2.75) is 9.92 Å². The van der Waals surface area contributed by atoms with E-state index in [9.17, 15) is 8.42 Å². The Kier molecular flexibility index (Phi) is 3.68. The Bertz CT molecular complexity index is 759. The fourth-order valence-electron chi connectivity index (χ4n) is 1.67. The summed E-state index contributed by atoms with van der Waals surface area (Å²) in [5.74, 6) is 2.76. The number of terminal acetylenes is 1. The average Bonchev–Trinajstić information content (AvgIpc) is 2.81. The van der Waals surface area contributed by atoms with Gasteiger partial charge in [-0.15, -0.1) is 18.2 Å². The van der Waals surface area contributed by atoms with Gasteiger partial charge in [-0.05, 0) is 6.26 Å². The second-order valence-electron chi connectivity index (χ2n) is 3.73. The van der Waals surface area contributed by atoms with Gasteiger partial charge in [-0.25, -0.2) is 13.4 Å². The third-order valence-electron chi connectivity index (χ3n) is 2.38. The number of anilines is 1. The summed E-state index contributed by atoms with van der Waals surface area (Å²) < 4.78 is 25.4. The SMILES string of the molecule is C#CCNc1c(S(C)(=O)=O)c(SC)nc2ccnn12. The van der Waals surface area contributed by atoms with Gasteiger partial charge in [-0.3, -0.25) is 0 Å². The Morgan fingerprint density at radius 1 is 1.58 bits per heavy atom. The lowest BCUT2D eigenvalue weighted by atomic mass is 10.5. The lowest BCUT2D eigenvalue weighted by Crippen LogP contribution is -2.14. The monoisotopic (exact) mass is 296 g/mol. The van der Waals surface area contributed by atoms with E-state index in [0.717, 1.165) is 6.26 Å². The minimum absolute atomic E-state index is 0.117. The number of sulfone groups is 1.